The van der Waals surface area contributed by atoms with Crippen molar-refractivity contribution in [3.8, 4) is 5.75 Å². The number of carbonyl (C=O) groups is 2. The van der Waals surface area contributed by atoms with E-state index < -0.39 is 17.9 Å². The second kappa shape index (κ2) is 4.91. The van der Waals surface area contributed by atoms with Crippen LogP contribution in [-0.4, -0.2) is 39.1 Å². The smallest absolute Gasteiger partial charge is 0.326 e. The summed E-state index contributed by atoms with van der Waals surface area (Å²) in [6.45, 7) is 3.30. The van der Waals surface area contributed by atoms with E-state index in [0.717, 1.165) is 18.4 Å². The number of aromatic hydroxyl groups is 1. The van der Waals surface area contributed by atoms with Crippen molar-refractivity contribution in [3.05, 3.63) is 29.3 Å². The van der Waals surface area contributed by atoms with Crippen LogP contribution in [-0.2, 0) is 4.79 Å². The Kier molecular flexibility index (Phi) is 3.46. The van der Waals surface area contributed by atoms with Gasteiger partial charge in [-0.1, -0.05) is 6.07 Å². The lowest BCUT2D eigenvalue weighted by Crippen LogP contribution is -2.44. The summed E-state index contributed by atoms with van der Waals surface area (Å²) >= 11 is 0. The van der Waals surface area contributed by atoms with Crippen molar-refractivity contribution in [3.63, 3.8) is 0 Å². The molecule has 1 fully saturated rings. The van der Waals surface area contributed by atoms with Crippen molar-refractivity contribution in [1.29, 1.82) is 0 Å². The largest absolute Gasteiger partial charge is 0.507 e. The molecule has 19 heavy (non-hydrogen) atoms. The molecular formula is C14H17NO4. The van der Waals surface area contributed by atoms with E-state index in [1.165, 1.54) is 24.0 Å². The Morgan fingerprint density at radius 2 is 2.00 bits per heavy atom. The summed E-state index contributed by atoms with van der Waals surface area (Å²) in [5.74, 6) is -1.56. The topological polar surface area (TPSA) is 77.8 Å². The molecule has 0 aromatic heterocycles. The first-order chi connectivity index (χ1) is 8.91. The molecule has 1 unspecified atom stereocenters. The highest BCUT2D eigenvalue weighted by molar-refractivity contribution is 5.99. The molecule has 1 aliphatic carbocycles. The second-order valence-corrected chi connectivity index (χ2v) is 4.98. The van der Waals surface area contributed by atoms with Gasteiger partial charge in [-0.2, -0.15) is 0 Å². The van der Waals surface area contributed by atoms with Gasteiger partial charge >= 0.3 is 5.97 Å². The van der Waals surface area contributed by atoms with Gasteiger partial charge in [0.1, 0.15) is 11.8 Å². The van der Waals surface area contributed by atoms with Crippen molar-refractivity contribution >= 4 is 11.9 Å². The van der Waals surface area contributed by atoms with Crippen LogP contribution in [0.2, 0.25) is 0 Å². The van der Waals surface area contributed by atoms with E-state index in [1.54, 1.807) is 6.07 Å². The Hall–Kier alpha value is -2.04. The van der Waals surface area contributed by atoms with Crippen LogP contribution >= 0.6 is 0 Å². The van der Waals surface area contributed by atoms with Gasteiger partial charge in [0.25, 0.3) is 5.91 Å². The number of carboxylic acid groups (broad SMARTS) is 1. The third-order valence-corrected chi connectivity index (χ3v) is 3.33. The van der Waals surface area contributed by atoms with Gasteiger partial charge in [-0.15, -0.1) is 0 Å². The van der Waals surface area contributed by atoms with Crippen LogP contribution in [0.25, 0.3) is 0 Å². The Balaban J connectivity index is 2.31. The zero-order valence-corrected chi connectivity index (χ0v) is 11.0. The van der Waals surface area contributed by atoms with E-state index in [1.807, 2.05) is 6.92 Å². The molecule has 0 spiro atoms. The zero-order chi connectivity index (χ0) is 14.2. The Bertz CT molecular complexity index is 522. The number of phenols is 1. The molecule has 0 heterocycles. The van der Waals surface area contributed by atoms with Crippen LogP contribution in [0.15, 0.2) is 18.2 Å². The molecular weight excluding hydrogens is 246 g/mol. The quantitative estimate of drug-likeness (QED) is 0.868. The van der Waals surface area contributed by atoms with E-state index in [9.17, 15) is 14.7 Å². The average molecular weight is 263 g/mol. The van der Waals surface area contributed by atoms with Crippen LogP contribution in [0.1, 0.15) is 35.7 Å². The number of benzene rings is 1. The van der Waals surface area contributed by atoms with Crippen molar-refractivity contribution in [2.24, 2.45) is 0 Å². The lowest BCUT2D eigenvalue weighted by molar-refractivity contribution is -0.141. The van der Waals surface area contributed by atoms with Crippen LogP contribution < -0.4 is 0 Å². The summed E-state index contributed by atoms with van der Waals surface area (Å²) in [5.41, 5.74) is 1.00. The van der Waals surface area contributed by atoms with Gasteiger partial charge in [-0.25, -0.2) is 4.79 Å². The number of hydrogen-bond donors (Lipinski definition) is 2. The normalized spacial score (nSPS) is 15.9. The van der Waals surface area contributed by atoms with Gasteiger partial charge in [0.05, 0.1) is 5.56 Å². The van der Waals surface area contributed by atoms with Gasteiger partial charge in [-0.3, -0.25) is 4.79 Å². The summed E-state index contributed by atoms with van der Waals surface area (Å²) in [6, 6.07) is 3.85. The molecule has 2 rings (SSSR count). The van der Waals surface area contributed by atoms with Gasteiger partial charge in [0.15, 0.2) is 0 Å². The highest BCUT2D eigenvalue weighted by Crippen LogP contribution is 2.32. The minimum Gasteiger partial charge on any atom is -0.507 e. The standard InChI is InChI=1S/C14H17NO4/c1-8-3-6-11(12(16)7-8)13(17)15(10-4-5-10)9(2)14(18)19/h3,6-7,9-10,16H,4-5H2,1-2H3,(H,18,19). The van der Waals surface area contributed by atoms with E-state index in [4.69, 9.17) is 5.11 Å². The third kappa shape index (κ3) is 2.70. The van der Waals surface area contributed by atoms with Crippen molar-refractivity contribution in [2.45, 2.75) is 38.8 Å². The minimum absolute atomic E-state index is 0.0284. The average Bonchev–Trinajstić information content (AvgIpc) is 3.13. The molecule has 0 radical (unpaired) electrons. The van der Waals surface area contributed by atoms with Crippen LogP contribution in [0.3, 0.4) is 0 Å². The van der Waals surface area contributed by atoms with Gasteiger partial charge in [-0.05, 0) is 44.4 Å². The minimum atomic E-state index is -1.04. The van der Waals surface area contributed by atoms with Crippen LogP contribution in [0.4, 0.5) is 0 Å². The number of nitrogens with zero attached hydrogens (tertiary/aromatic N) is 1. The predicted molar refractivity (Wildman–Crippen MR) is 69.1 cm³/mol. The number of aryl methyl sites for hydroxylation is 1. The predicted octanol–water partition coefficient (Wildman–Crippen LogP) is 1.78. The Morgan fingerprint density at radius 1 is 1.37 bits per heavy atom. The molecule has 1 amide bonds. The van der Waals surface area contributed by atoms with Gasteiger partial charge in [0.2, 0.25) is 0 Å². The fourth-order valence-electron chi connectivity index (χ4n) is 2.09. The zero-order valence-electron chi connectivity index (χ0n) is 11.0. The summed E-state index contributed by atoms with van der Waals surface area (Å²) in [6.07, 6.45) is 1.63. The molecule has 1 saturated carbocycles. The number of aliphatic carboxylic acids is 1. The monoisotopic (exact) mass is 263 g/mol. The van der Waals surface area contributed by atoms with Crippen molar-refractivity contribution in [2.75, 3.05) is 0 Å². The first kappa shape index (κ1) is 13.4. The van der Waals surface area contributed by atoms with Crippen molar-refractivity contribution < 1.29 is 19.8 Å². The molecule has 1 atom stereocenters. The third-order valence-electron chi connectivity index (χ3n) is 3.33. The molecule has 1 aliphatic rings. The summed E-state index contributed by atoms with van der Waals surface area (Å²) in [4.78, 5) is 24.9. The number of rotatable bonds is 4. The maximum atomic E-state index is 12.4. The highest BCUT2D eigenvalue weighted by atomic mass is 16.4. The molecule has 5 heteroatoms. The molecule has 102 valence electrons. The summed E-state index contributed by atoms with van der Waals surface area (Å²) in [5, 5.41) is 18.9. The molecule has 0 saturated heterocycles. The fraction of sp³-hybridized carbons (Fsp3) is 0.429. The maximum absolute atomic E-state index is 12.4. The summed E-state index contributed by atoms with van der Waals surface area (Å²) in [7, 11) is 0. The number of carbonyl (C=O) groups excluding carboxylic acids is 1. The SMILES string of the molecule is Cc1ccc(C(=O)N(C2CC2)C(C)C(=O)O)c(O)c1. The summed E-state index contributed by atoms with van der Waals surface area (Å²) < 4.78 is 0. The first-order valence-corrected chi connectivity index (χ1v) is 6.27. The lowest BCUT2D eigenvalue weighted by atomic mass is 10.1. The Morgan fingerprint density at radius 3 is 2.47 bits per heavy atom. The number of phenolic OH excluding ortho intramolecular Hbond substituents is 1. The van der Waals surface area contributed by atoms with Gasteiger partial charge < -0.3 is 15.1 Å². The highest BCUT2D eigenvalue weighted by Gasteiger charge is 2.39. The van der Waals surface area contributed by atoms with Crippen molar-refractivity contribution in [1.82, 2.24) is 4.90 Å². The Labute approximate surface area is 111 Å². The molecule has 0 aliphatic heterocycles. The molecule has 5 nitrogen and oxygen atoms in total. The number of amides is 1. The lowest BCUT2D eigenvalue weighted by Gasteiger charge is -2.26. The molecule has 0 bridgehead atoms. The van der Waals surface area contributed by atoms with E-state index in [0.29, 0.717) is 0 Å². The number of hydrogen-bond acceptors (Lipinski definition) is 3. The first-order valence-electron chi connectivity index (χ1n) is 6.27. The van der Waals surface area contributed by atoms with E-state index in [2.05, 4.69) is 0 Å². The van der Waals surface area contributed by atoms with E-state index in [-0.39, 0.29) is 17.4 Å². The maximum Gasteiger partial charge on any atom is 0.326 e. The van der Waals surface area contributed by atoms with Crippen LogP contribution in [0, 0.1) is 6.92 Å². The second-order valence-electron chi connectivity index (χ2n) is 4.98. The number of carboxylic acids is 1. The van der Waals surface area contributed by atoms with E-state index >= 15 is 0 Å². The molecule has 2 N–H and O–H groups in total. The molecule has 1 aromatic carbocycles. The fourth-order valence-corrected chi connectivity index (χ4v) is 2.09. The van der Waals surface area contributed by atoms with Crippen LogP contribution in [0.5, 0.6) is 5.75 Å². The van der Waals surface area contributed by atoms with Gasteiger partial charge in [0, 0.05) is 6.04 Å². The molecule has 1 aromatic rings.